The Morgan fingerprint density at radius 2 is 2.21 bits per heavy atom. The summed E-state index contributed by atoms with van der Waals surface area (Å²) in [5.41, 5.74) is 1.79. The zero-order valence-corrected chi connectivity index (χ0v) is 13.9. The second-order valence-electron chi connectivity index (χ2n) is 5.13. The van der Waals surface area contributed by atoms with E-state index in [1.54, 1.807) is 37.3 Å². The summed E-state index contributed by atoms with van der Waals surface area (Å²) in [6, 6.07) is 5.61. The summed E-state index contributed by atoms with van der Waals surface area (Å²) in [6.45, 7) is 7.33. The Balaban J connectivity index is 2.60. The number of aromatic amines is 1. The van der Waals surface area contributed by atoms with Crippen LogP contribution in [0, 0.1) is 18.3 Å². The van der Waals surface area contributed by atoms with Gasteiger partial charge in [0, 0.05) is 0 Å². The maximum Gasteiger partial charge on any atom is 0.161 e. The molecule has 2 rings (SSSR count). The Morgan fingerprint density at radius 1 is 1.46 bits per heavy atom. The molecule has 5 nitrogen and oxygen atoms in total. The van der Waals surface area contributed by atoms with Crippen molar-refractivity contribution in [1.82, 2.24) is 9.97 Å². The number of nitriles is 1. The fraction of sp³-hybridized carbons (Fsp3) is 0.158. The largest absolute Gasteiger partial charge is 0.504 e. The van der Waals surface area contributed by atoms with Crippen LogP contribution in [0.2, 0.25) is 0 Å². The maximum absolute atomic E-state index is 9.91. The van der Waals surface area contributed by atoms with Crippen molar-refractivity contribution in [2.75, 3.05) is 7.11 Å². The van der Waals surface area contributed by atoms with Crippen LogP contribution in [0.1, 0.15) is 23.9 Å². The zero-order valence-electron chi connectivity index (χ0n) is 13.9. The van der Waals surface area contributed by atoms with E-state index < -0.39 is 0 Å². The first-order chi connectivity index (χ1) is 11.5. The number of imidazole rings is 1. The van der Waals surface area contributed by atoms with Crippen LogP contribution >= 0.6 is 0 Å². The number of aromatic hydroxyl groups is 1. The molecule has 5 heteroatoms. The number of phenols is 1. The molecule has 0 radical (unpaired) electrons. The van der Waals surface area contributed by atoms with Gasteiger partial charge in [0.1, 0.15) is 11.9 Å². The number of aromatic nitrogens is 2. The average molecular weight is 321 g/mol. The summed E-state index contributed by atoms with van der Waals surface area (Å²) in [4.78, 5) is 7.55. The molecule has 2 N–H and O–H groups in total. The minimum atomic E-state index is 0.0943. The van der Waals surface area contributed by atoms with E-state index in [0.29, 0.717) is 22.7 Å². The lowest BCUT2D eigenvalue weighted by Gasteiger charge is -2.07. The summed E-state index contributed by atoms with van der Waals surface area (Å²) in [7, 11) is 1.49. The van der Waals surface area contributed by atoms with Crippen molar-refractivity contribution < 1.29 is 9.84 Å². The fourth-order valence-electron chi connectivity index (χ4n) is 2.33. The summed E-state index contributed by atoms with van der Waals surface area (Å²) >= 11 is 0. The highest BCUT2D eigenvalue weighted by atomic mass is 16.5. The van der Waals surface area contributed by atoms with E-state index in [0.717, 1.165) is 16.3 Å². The number of nitrogens with one attached hydrogen (secondary N) is 1. The number of hydrogen-bond acceptors (Lipinski definition) is 4. The van der Waals surface area contributed by atoms with Crippen LogP contribution in [0.5, 0.6) is 11.5 Å². The van der Waals surface area contributed by atoms with Crippen molar-refractivity contribution >= 4 is 23.8 Å². The van der Waals surface area contributed by atoms with Crippen LogP contribution in [0.15, 0.2) is 24.8 Å². The third-order valence-electron chi connectivity index (χ3n) is 3.51. The standard InChI is InChI=1S/C19H19N3O2/c1-5-7-16-15(6-2)21-19(22-16)14(11-20)9-13-8-12(3)18(23)17(10-13)24-4/h5-10,23H,1H2,2-4H3,(H,21,22)/b14-9+,15-6+,16-7+. The predicted molar refractivity (Wildman–Crippen MR) is 95.5 cm³/mol. The molecule has 1 aromatic carbocycles. The van der Waals surface area contributed by atoms with Crippen LogP contribution in [-0.2, 0) is 0 Å². The van der Waals surface area contributed by atoms with Crippen LogP contribution in [0.4, 0.5) is 0 Å². The molecule has 0 aliphatic heterocycles. The monoisotopic (exact) mass is 321 g/mol. The van der Waals surface area contributed by atoms with E-state index in [-0.39, 0.29) is 5.75 Å². The first-order valence-electron chi connectivity index (χ1n) is 7.39. The third kappa shape index (κ3) is 3.39. The molecule has 0 bridgehead atoms. The smallest absolute Gasteiger partial charge is 0.161 e. The summed E-state index contributed by atoms with van der Waals surface area (Å²) in [6.07, 6.45) is 7.02. The number of phenolic OH excluding ortho intramolecular Hbond substituents is 1. The number of allylic oxidation sites excluding steroid dienone is 2. The van der Waals surface area contributed by atoms with Gasteiger partial charge >= 0.3 is 0 Å². The van der Waals surface area contributed by atoms with E-state index in [9.17, 15) is 10.4 Å². The fourth-order valence-corrected chi connectivity index (χ4v) is 2.33. The first kappa shape index (κ1) is 17.1. The molecule has 0 fully saturated rings. The number of aryl methyl sites for hydroxylation is 1. The van der Waals surface area contributed by atoms with Crippen molar-refractivity contribution in [3.8, 4) is 17.6 Å². The van der Waals surface area contributed by atoms with Gasteiger partial charge in [-0.05, 0) is 49.3 Å². The lowest BCUT2D eigenvalue weighted by molar-refractivity contribution is 0.371. The number of methoxy groups -OCH3 is 1. The number of ether oxygens (including phenoxy) is 1. The summed E-state index contributed by atoms with van der Waals surface area (Å²) in [5.74, 6) is 0.932. The molecule has 24 heavy (non-hydrogen) atoms. The van der Waals surface area contributed by atoms with Gasteiger partial charge in [0.25, 0.3) is 0 Å². The Morgan fingerprint density at radius 3 is 2.79 bits per heavy atom. The van der Waals surface area contributed by atoms with Crippen molar-refractivity contribution in [3.63, 3.8) is 0 Å². The lowest BCUT2D eigenvalue weighted by Crippen LogP contribution is -2.23. The molecule has 122 valence electrons. The van der Waals surface area contributed by atoms with Crippen molar-refractivity contribution in [3.05, 3.63) is 52.4 Å². The highest BCUT2D eigenvalue weighted by Crippen LogP contribution is 2.31. The SMILES string of the molecule is C=C/C=c1/[nH]c(/C(C#N)=C/c2cc(C)c(O)c(OC)c2)n/c1=C/C. The van der Waals surface area contributed by atoms with Crippen LogP contribution in [0.25, 0.3) is 23.8 Å². The molecule has 0 atom stereocenters. The second-order valence-corrected chi connectivity index (χ2v) is 5.13. The van der Waals surface area contributed by atoms with Gasteiger partial charge in [-0.3, -0.25) is 0 Å². The van der Waals surface area contributed by atoms with Gasteiger partial charge in [-0.2, -0.15) is 5.26 Å². The molecule has 0 saturated heterocycles. The van der Waals surface area contributed by atoms with E-state index in [1.807, 2.05) is 13.0 Å². The van der Waals surface area contributed by atoms with Gasteiger partial charge in [0.2, 0.25) is 0 Å². The Hall–Kier alpha value is -3.26. The lowest BCUT2D eigenvalue weighted by atomic mass is 10.1. The number of nitrogens with zero attached hydrogens (tertiary/aromatic N) is 2. The van der Waals surface area contributed by atoms with Gasteiger partial charge < -0.3 is 14.8 Å². The quantitative estimate of drug-likeness (QED) is 0.846. The van der Waals surface area contributed by atoms with E-state index >= 15 is 0 Å². The average Bonchev–Trinajstić information content (AvgIpc) is 2.98. The molecule has 0 aliphatic carbocycles. The minimum absolute atomic E-state index is 0.0943. The Labute approximate surface area is 140 Å². The van der Waals surface area contributed by atoms with Gasteiger partial charge in [-0.25, -0.2) is 4.98 Å². The van der Waals surface area contributed by atoms with Gasteiger partial charge in [0.05, 0.1) is 23.4 Å². The van der Waals surface area contributed by atoms with Crippen molar-refractivity contribution in [2.45, 2.75) is 13.8 Å². The highest BCUT2D eigenvalue weighted by Gasteiger charge is 2.09. The van der Waals surface area contributed by atoms with E-state index in [2.05, 4.69) is 22.6 Å². The Bertz CT molecular complexity index is 960. The number of rotatable bonds is 4. The van der Waals surface area contributed by atoms with E-state index in [4.69, 9.17) is 4.74 Å². The van der Waals surface area contributed by atoms with Crippen LogP contribution < -0.4 is 15.4 Å². The molecule has 2 aromatic rings. The Kier molecular flexibility index (Phi) is 5.23. The third-order valence-corrected chi connectivity index (χ3v) is 3.51. The number of benzene rings is 1. The molecule has 0 saturated carbocycles. The molecule has 0 spiro atoms. The topological polar surface area (TPSA) is 81.9 Å². The maximum atomic E-state index is 9.91. The van der Waals surface area contributed by atoms with Crippen LogP contribution in [0.3, 0.4) is 0 Å². The van der Waals surface area contributed by atoms with Gasteiger partial charge in [-0.1, -0.05) is 18.7 Å². The zero-order chi connectivity index (χ0) is 17.7. The first-order valence-corrected chi connectivity index (χ1v) is 7.39. The minimum Gasteiger partial charge on any atom is -0.504 e. The molecular formula is C19H19N3O2. The molecule has 0 unspecified atom stereocenters. The number of H-pyrrole nitrogens is 1. The molecule has 1 aromatic heterocycles. The second kappa shape index (κ2) is 7.34. The van der Waals surface area contributed by atoms with Crippen LogP contribution in [-0.4, -0.2) is 22.2 Å². The normalized spacial score (nSPS) is 13.0. The summed E-state index contributed by atoms with van der Waals surface area (Å²) < 4.78 is 5.15. The van der Waals surface area contributed by atoms with E-state index in [1.165, 1.54) is 7.11 Å². The summed E-state index contributed by atoms with van der Waals surface area (Å²) in [5, 5.41) is 21.0. The number of hydrogen-bond donors (Lipinski definition) is 2. The van der Waals surface area contributed by atoms with Gasteiger partial charge in [-0.15, -0.1) is 0 Å². The molecule has 0 aliphatic rings. The molecular weight excluding hydrogens is 302 g/mol. The van der Waals surface area contributed by atoms with Gasteiger partial charge in [0.15, 0.2) is 11.5 Å². The molecule has 0 amide bonds. The van der Waals surface area contributed by atoms with Crippen molar-refractivity contribution in [1.29, 1.82) is 5.26 Å². The molecule has 1 heterocycles. The predicted octanol–water partition coefficient (Wildman–Crippen LogP) is 2.26. The highest BCUT2D eigenvalue weighted by molar-refractivity contribution is 5.87. The van der Waals surface area contributed by atoms with Crippen molar-refractivity contribution in [2.24, 2.45) is 0 Å².